The summed E-state index contributed by atoms with van der Waals surface area (Å²) in [4.78, 5) is 4.33. The van der Waals surface area contributed by atoms with Crippen molar-refractivity contribution in [3.63, 3.8) is 0 Å². The SMILES string of the molecule is CCCCCCCOc1ccc2cc(C(O)CO)cnc2c1. The van der Waals surface area contributed by atoms with Crippen molar-refractivity contribution in [2.45, 2.75) is 45.1 Å². The molecule has 22 heavy (non-hydrogen) atoms. The van der Waals surface area contributed by atoms with Gasteiger partial charge in [-0.25, -0.2) is 0 Å². The molecule has 1 unspecified atom stereocenters. The molecule has 0 bridgehead atoms. The Morgan fingerprint density at radius 1 is 1.14 bits per heavy atom. The number of hydrogen-bond donors (Lipinski definition) is 2. The summed E-state index contributed by atoms with van der Waals surface area (Å²) in [6.45, 7) is 2.65. The van der Waals surface area contributed by atoms with Crippen LogP contribution in [-0.2, 0) is 0 Å². The summed E-state index contributed by atoms with van der Waals surface area (Å²) < 4.78 is 5.76. The van der Waals surface area contributed by atoms with E-state index in [9.17, 15) is 5.11 Å². The molecule has 2 N–H and O–H groups in total. The molecule has 1 heterocycles. The zero-order chi connectivity index (χ0) is 15.8. The monoisotopic (exact) mass is 303 g/mol. The molecule has 0 saturated carbocycles. The third-order valence-corrected chi connectivity index (χ3v) is 3.75. The number of unbranched alkanes of at least 4 members (excludes halogenated alkanes) is 4. The van der Waals surface area contributed by atoms with Crippen LogP contribution in [0.3, 0.4) is 0 Å². The van der Waals surface area contributed by atoms with Crippen LogP contribution in [0.15, 0.2) is 30.5 Å². The molecule has 0 aliphatic rings. The summed E-state index contributed by atoms with van der Waals surface area (Å²) >= 11 is 0. The molecule has 4 nitrogen and oxygen atoms in total. The number of fused-ring (bicyclic) bond motifs is 1. The number of aliphatic hydroxyl groups excluding tert-OH is 2. The van der Waals surface area contributed by atoms with Gasteiger partial charge < -0.3 is 14.9 Å². The topological polar surface area (TPSA) is 62.6 Å². The molecular weight excluding hydrogens is 278 g/mol. The molecule has 0 amide bonds. The first-order valence-electron chi connectivity index (χ1n) is 8.06. The molecule has 1 aromatic carbocycles. The predicted molar refractivity (Wildman–Crippen MR) is 88.0 cm³/mol. The Morgan fingerprint density at radius 2 is 1.95 bits per heavy atom. The Balaban J connectivity index is 1.93. The van der Waals surface area contributed by atoms with Gasteiger partial charge in [0.2, 0.25) is 0 Å². The van der Waals surface area contributed by atoms with Gasteiger partial charge in [0.05, 0.1) is 18.7 Å². The zero-order valence-corrected chi connectivity index (χ0v) is 13.2. The fraction of sp³-hybridized carbons (Fsp3) is 0.500. The van der Waals surface area contributed by atoms with Gasteiger partial charge in [0.25, 0.3) is 0 Å². The Kier molecular flexibility index (Phi) is 6.62. The van der Waals surface area contributed by atoms with Crippen molar-refractivity contribution in [2.75, 3.05) is 13.2 Å². The Bertz CT molecular complexity index is 586. The molecular formula is C18H25NO3. The number of nitrogens with zero attached hydrogens (tertiary/aromatic N) is 1. The average Bonchev–Trinajstić information content (AvgIpc) is 2.56. The van der Waals surface area contributed by atoms with E-state index in [1.54, 1.807) is 6.20 Å². The van der Waals surface area contributed by atoms with Gasteiger partial charge in [-0.2, -0.15) is 0 Å². The molecule has 2 rings (SSSR count). The van der Waals surface area contributed by atoms with Gasteiger partial charge in [-0.1, -0.05) is 32.6 Å². The van der Waals surface area contributed by atoms with Crippen LogP contribution in [0.25, 0.3) is 10.9 Å². The third kappa shape index (κ3) is 4.68. The van der Waals surface area contributed by atoms with Crippen molar-refractivity contribution in [3.05, 3.63) is 36.0 Å². The van der Waals surface area contributed by atoms with Crippen molar-refractivity contribution < 1.29 is 14.9 Å². The van der Waals surface area contributed by atoms with Crippen molar-refractivity contribution >= 4 is 10.9 Å². The molecule has 0 radical (unpaired) electrons. The van der Waals surface area contributed by atoms with E-state index >= 15 is 0 Å². The van der Waals surface area contributed by atoms with E-state index in [0.29, 0.717) is 5.56 Å². The van der Waals surface area contributed by atoms with Gasteiger partial charge in [-0.3, -0.25) is 4.98 Å². The second-order valence-corrected chi connectivity index (χ2v) is 5.58. The van der Waals surface area contributed by atoms with Crippen LogP contribution in [-0.4, -0.2) is 28.4 Å². The standard InChI is InChI=1S/C18H25NO3/c1-2-3-4-5-6-9-22-16-8-7-14-10-15(18(21)13-20)12-19-17(14)11-16/h7-8,10-12,18,20-21H,2-6,9,13H2,1H3. The maximum atomic E-state index is 9.63. The fourth-order valence-corrected chi connectivity index (χ4v) is 2.39. The molecule has 2 aromatic rings. The smallest absolute Gasteiger partial charge is 0.121 e. The van der Waals surface area contributed by atoms with Gasteiger partial charge in [0.15, 0.2) is 0 Å². The third-order valence-electron chi connectivity index (χ3n) is 3.75. The van der Waals surface area contributed by atoms with E-state index in [1.165, 1.54) is 25.7 Å². The molecule has 4 heteroatoms. The lowest BCUT2D eigenvalue weighted by atomic mass is 10.1. The van der Waals surface area contributed by atoms with Crippen molar-refractivity contribution in [3.8, 4) is 5.75 Å². The number of rotatable bonds is 9. The highest BCUT2D eigenvalue weighted by Crippen LogP contribution is 2.22. The maximum Gasteiger partial charge on any atom is 0.121 e. The highest BCUT2D eigenvalue weighted by atomic mass is 16.5. The molecule has 120 valence electrons. The molecule has 0 aliphatic heterocycles. The summed E-state index contributed by atoms with van der Waals surface area (Å²) in [5, 5.41) is 19.5. The maximum absolute atomic E-state index is 9.63. The molecule has 1 atom stereocenters. The van der Waals surface area contributed by atoms with Crippen LogP contribution in [0, 0.1) is 0 Å². The van der Waals surface area contributed by atoms with E-state index in [-0.39, 0.29) is 6.61 Å². The lowest BCUT2D eigenvalue weighted by Crippen LogP contribution is -2.03. The lowest BCUT2D eigenvalue weighted by Gasteiger charge is -2.10. The minimum atomic E-state index is -0.879. The quantitative estimate of drug-likeness (QED) is 0.695. The minimum absolute atomic E-state index is 0.299. The number of aromatic nitrogens is 1. The first-order chi connectivity index (χ1) is 10.7. The van der Waals surface area contributed by atoms with Crippen molar-refractivity contribution in [2.24, 2.45) is 0 Å². The Morgan fingerprint density at radius 3 is 2.73 bits per heavy atom. The number of hydrogen-bond acceptors (Lipinski definition) is 4. The van der Waals surface area contributed by atoms with Crippen molar-refractivity contribution in [1.82, 2.24) is 4.98 Å². The summed E-state index contributed by atoms with van der Waals surface area (Å²) in [5.74, 6) is 0.825. The second kappa shape index (κ2) is 8.71. The summed E-state index contributed by atoms with van der Waals surface area (Å²) in [7, 11) is 0. The van der Waals surface area contributed by atoms with E-state index in [4.69, 9.17) is 9.84 Å². The lowest BCUT2D eigenvalue weighted by molar-refractivity contribution is 0.0955. The second-order valence-electron chi connectivity index (χ2n) is 5.58. The summed E-state index contributed by atoms with van der Waals surface area (Å²) in [5.41, 5.74) is 1.46. The normalized spacial score (nSPS) is 12.5. The summed E-state index contributed by atoms with van der Waals surface area (Å²) in [6.07, 6.45) is 6.82. The van der Waals surface area contributed by atoms with Gasteiger partial charge >= 0.3 is 0 Å². The highest BCUT2D eigenvalue weighted by Gasteiger charge is 2.07. The van der Waals surface area contributed by atoms with Crippen molar-refractivity contribution in [1.29, 1.82) is 0 Å². The van der Waals surface area contributed by atoms with Crippen LogP contribution in [0.1, 0.15) is 50.7 Å². The first-order valence-corrected chi connectivity index (χ1v) is 8.06. The summed E-state index contributed by atoms with van der Waals surface area (Å²) in [6, 6.07) is 7.61. The highest BCUT2D eigenvalue weighted by molar-refractivity contribution is 5.80. The van der Waals surface area contributed by atoms with Crippen LogP contribution in [0.2, 0.25) is 0 Å². The van der Waals surface area contributed by atoms with Gasteiger partial charge in [-0.15, -0.1) is 0 Å². The molecule has 0 spiro atoms. The number of ether oxygens (including phenoxy) is 1. The fourth-order valence-electron chi connectivity index (χ4n) is 2.39. The van der Waals surface area contributed by atoms with Gasteiger partial charge in [-0.05, 0) is 24.6 Å². The number of pyridine rings is 1. The zero-order valence-electron chi connectivity index (χ0n) is 13.2. The predicted octanol–water partition coefficient (Wildman–Crippen LogP) is 3.61. The largest absolute Gasteiger partial charge is 0.494 e. The minimum Gasteiger partial charge on any atom is -0.494 e. The molecule has 0 aliphatic carbocycles. The molecule has 1 aromatic heterocycles. The van der Waals surface area contributed by atoms with Crippen LogP contribution < -0.4 is 4.74 Å². The van der Waals surface area contributed by atoms with Crippen LogP contribution >= 0.6 is 0 Å². The Labute approximate surface area is 131 Å². The van der Waals surface area contributed by atoms with Gasteiger partial charge in [0, 0.05) is 23.2 Å². The average molecular weight is 303 g/mol. The van der Waals surface area contributed by atoms with E-state index in [0.717, 1.165) is 29.7 Å². The van der Waals surface area contributed by atoms with Crippen LogP contribution in [0.4, 0.5) is 0 Å². The van der Waals surface area contributed by atoms with E-state index < -0.39 is 6.10 Å². The Hall–Kier alpha value is -1.65. The van der Waals surface area contributed by atoms with Crippen LogP contribution in [0.5, 0.6) is 5.75 Å². The first kappa shape index (κ1) is 16.7. The number of aliphatic hydroxyl groups is 2. The van der Waals surface area contributed by atoms with E-state index in [2.05, 4.69) is 11.9 Å². The molecule has 0 fully saturated rings. The van der Waals surface area contributed by atoms with Gasteiger partial charge in [0.1, 0.15) is 11.9 Å². The molecule has 0 saturated heterocycles. The van der Waals surface area contributed by atoms with E-state index in [1.807, 2.05) is 24.3 Å². The number of benzene rings is 1.